The highest BCUT2D eigenvalue weighted by atomic mass is 35.5. The van der Waals surface area contributed by atoms with Crippen LogP contribution in [0, 0.1) is 0 Å². The molecule has 0 aromatic heterocycles. The molecule has 0 radical (unpaired) electrons. The fourth-order valence-electron chi connectivity index (χ4n) is 3.08. The predicted molar refractivity (Wildman–Crippen MR) is 87.6 cm³/mol. The summed E-state index contributed by atoms with van der Waals surface area (Å²) in [6, 6.07) is 7.37. The molecule has 1 fully saturated rings. The van der Waals surface area contributed by atoms with Gasteiger partial charge in [-0.1, -0.05) is 24.4 Å². The van der Waals surface area contributed by atoms with E-state index in [1.807, 2.05) is 0 Å². The second-order valence-electron chi connectivity index (χ2n) is 6.04. The standard InChI is InChI=1S/C16H24ClNO2S/c1-13(2)18(15-5-3-4-6-15)11-12-21(19,20)16-9-7-14(17)8-10-16/h7-10,13,15H,3-6,11-12H2,1-2H3. The van der Waals surface area contributed by atoms with E-state index in [0.717, 1.165) is 0 Å². The molecule has 0 saturated heterocycles. The highest BCUT2D eigenvalue weighted by molar-refractivity contribution is 7.91. The van der Waals surface area contributed by atoms with E-state index in [2.05, 4.69) is 18.7 Å². The number of hydrogen-bond donors (Lipinski definition) is 0. The molecule has 2 rings (SSSR count). The monoisotopic (exact) mass is 329 g/mol. The van der Waals surface area contributed by atoms with Crippen LogP contribution >= 0.6 is 11.6 Å². The van der Waals surface area contributed by atoms with Gasteiger partial charge in [0.15, 0.2) is 9.84 Å². The molecule has 0 spiro atoms. The van der Waals surface area contributed by atoms with Crippen molar-refractivity contribution in [1.82, 2.24) is 4.90 Å². The first-order valence-electron chi connectivity index (χ1n) is 7.64. The van der Waals surface area contributed by atoms with E-state index in [9.17, 15) is 8.42 Å². The lowest BCUT2D eigenvalue weighted by atomic mass is 10.1. The Morgan fingerprint density at radius 2 is 1.76 bits per heavy atom. The van der Waals surface area contributed by atoms with Gasteiger partial charge in [0.2, 0.25) is 0 Å². The topological polar surface area (TPSA) is 37.4 Å². The van der Waals surface area contributed by atoms with Gasteiger partial charge in [-0.3, -0.25) is 4.90 Å². The maximum Gasteiger partial charge on any atom is 0.179 e. The van der Waals surface area contributed by atoms with E-state index in [-0.39, 0.29) is 5.75 Å². The maximum absolute atomic E-state index is 12.4. The van der Waals surface area contributed by atoms with Gasteiger partial charge in [0.25, 0.3) is 0 Å². The van der Waals surface area contributed by atoms with Crippen LogP contribution in [0.3, 0.4) is 0 Å². The van der Waals surface area contributed by atoms with Gasteiger partial charge < -0.3 is 0 Å². The number of sulfone groups is 1. The van der Waals surface area contributed by atoms with Crippen LogP contribution in [-0.2, 0) is 9.84 Å². The summed E-state index contributed by atoms with van der Waals surface area (Å²) in [6.45, 7) is 4.90. The van der Waals surface area contributed by atoms with Gasteiger partial charge in [0, 0.05) is 23.7 Å². The first-order valence-corrected chi connectivity index (χ1v) is 9.67. The van der Waals surface area contributed by atoms with E-state index in [4.69, 9.17) is 11.6 Å². The van der Waals surface area contributed by atoms with Crippen molar-refractivity contribution in [2.75, 3.05) is 12.3 Å². The van der Waals surface area contributed by atoms with Gasteiger partial charge in [0.1, 0.15) is 0 Å². The van der Waals surface area contributed by atoms with Gasteiger partial charge in [-0.2, -0.15) is 0 Å². The zero-order valence-corrected chi connectivity index (χ0v) is 14.3. The maximum atomic E-state index is 12.4. The molecule has 0 N–H and O–H groups in total. The third-order valence-electron chi connectivity index (χ3n) is 4.25. The van der Waals surface area contributed by atoms with Crippen molar-refractivity contribution < 1.29 is 8.42 Å². The van der Waals surface area contributed by atoms with Crippen molar-refractivity contribution in [2.45, 2.75) is 56.5 Å². The van der Waals surface area contributed by atoms with Crippen LogP contribution in [0.25, 0.3) is 0 Å². The normalized spacial score (nSPS) is 17.0. The summed E-state index contributed by atoms with van der Waals surface area (Å²) in [6.07, 6.45) is 4.91. The van der Waals surface area contributed by atoms with Gasteiger partial charge >= 0.3 is 0 Å². The molecule has 1 aliphatic rings. The van der Waals surface area contributed by atoms with Crippen molar-refractivity contribution in [3.8, 4) is 0 Å². The first-order chi connectivity index (χ1) is 9.90. The highest BCUT2D eigenvalue weighted by Gasteiger charge is 2.26. The molecule has 0 unspecified atom stereocenters. The fraction of sp³-hybridized carbons (Fsp3) is 0.625. The van der Waals surface area contributed by atoms with E-state index in [1.54, 1.807) is 24.3 Å². The quantitative estimate of drug-likeness (QED) is 0.797. The van der Waals surface area contributed by atoms with Crippen molar-refractivity contribution in [3.05, 3.63) is 29.3 Å². The van der Waals surface area contributed by atoms with Crippen LogP contribution in [0.1, 0.15) is 39.5 Å². The smallest absolute Gasteiger partial charge is 0.179 e. The highest BCUT2D eigenvalue weighted by Crippen LogP contribution is 2.25. The molecule has 0 heterocycles. The summed E-state index contributed by atoms with van der Waals surface area (Å²) in [5, 5.41) is 0.559. The van der Waals surface area contributed by atoms with Gasteiger partial charge in [0.05, 0.1) is 10.6 Å². The lowest BCUT2D eigenvalue weighted by Crippen LogP contribution is -2.41. The molecule has 5 heteroatoms. The molecule has 0 bridgehead atoms. The average molecular weight is 330 g/mol. The van der Waals surface area contributed by atoms with E-state index in [1.165, 1.54) is 25.7 Å². The predicted octanol–water partition coefficient (Wildman–Crippen LogP) is 3.77. The summed E-state index contributed by atoms with van der Waals surface area (Å²) >= 11 is 5.81. The summed E-state index contributed by atoms with van der Waals surface area (Å²) in [5.41, 5.74) is 0. The van der Waals surface area contributed by atoms with E-state index < -0.39 is 9.84 Å². The van der Waals surface area contributed by atoms with Gasteiger partial charge in [-0.05, 0) is 51.0 Å². The Kier molecular flexibility index (Phi) is 5.69. The molecule has 3 nitrogen and oxygen atoms in total. The van der Waals surface area contributed by atoms with Crippen LogP contribution in [0.15, 0.2) is 29.2 Å². The number of nitrogens with zero attached hydrogens (tertiary/aromatic N) is 1. The SMILES string of the molecule is CC(C)N(CCS(=O)(=O)c1ccc(Cl)cc1)C1CCCC1. The number of halogens is 1. The Bertz CT molecular complexity index is 548. The van der Waals surface area contributed by atoms with Crippen LogP contribution in [0.4, 0.5) is 0 Å². The Hall–Kier alpha value is -0.580. The van der Waals surface area contributed by atoms with Crippen LogP contribution < -0.4 is 0 Å². The molecule has 0 atom stereocenters. The Morgan fingerprint density at radius 3 is 2.29 bits per heavy atom. The minimum atomic E-state index is -3.24. The van der Waals surface area contributed by atoms with E-state index >= 15 is 0 Å². The third kappa shape index (κ3) is 4.44. The number of benzene rings is 1. The molecule has 1 saturated carbocycles. The van der Waals surface area contributed by atoms with Crippen LogP contribution in [-0.4, -0.2) is 37.7 Å². The van der Waals surface area contributed by atoms with Crippen LogP contribution in [0.2, 0.25) is 5.02 Å². The lowest BCUT2D eigenvalue weighted by molar-refractivity contribution is 0.165. The summed E-state index contributed by atoms with van der Waals surface area (Å²) in [4.78, 5) is 2.71. The largest absolute Gasteiger partial charge is 0.297 e. The summed E-state index contributed by atoms with van der Waals surface area (Å²) < 4.78 is 24.8. The Morgan fingerprint density at radius 1 is 1.19 bits per heavy atom. The third-order valence-corrected chi connectivity index (χ3v) is 6.21. The number of hydrogen-bond acceptors (Lipinski definition) is 3. The zero-order valence-electron chi connectivity index (χ0n) is 12.8. The molecule has 0 amide bonds. The molecule has 118 valence electrons. The van der Waals surface area contributed by atoms with Crippen LogP contribution in [0.5, 0.6) is 0 Å². The average Bonchev–Trinajstić information content (AvgIpc) is 2.93. The summed E-state index contributed by atoms with van der Waals surface area (Å²) in [7, 11) is -3.24. The van der Waals surface area contributed by atoms with Crippen molar-refractivity contribution in [3.63, 3.8) is 0 Å². The molecule has 1 aromatic rings. The minimum absolute atomic E-state index is 0.170. The molecular weight excluding hydrogens is 306 g/mol. The molecule has 21 heavy (non-hydrogen) atoms. The second-order valence-corrected chi connectivity index (χ2v) is 8.59. The van der Waals surface area contributed by atoms with Gasteiger partial charge in [-0.15, -0.1) is 0 Å². The Labute approximate surface area is 133 Å². The Balaban J connectivity index is 2.03. The summed E-state index contributed by atoms with van der Waals surface area (Å²) in [5.74, 6) is 0.170. The molecule has 1 aromatic carbocycles. The fourth-order valence-corrected chi connectivity index (χ4v) is 4.45. The first kappa shape index (κ1) is 16.8. The van der Waals surface area contributed by atoms with Crippen molar-refractivity contribution in [2.24, 2.45) is 0 Å². The number of rotatable bonds is 6. The zero-order chi connectivity index (χ0) is 15.5. The lowest BCUT2D eigenvalue weighted by Gasteiger charge is -2.32. The minimum Gasteiger partial charge on any atom is -0.297 e. The van der Waals surface area contributed by atoms with Crippen molar-refractivity contribution in [1.29, 1.82) is 0 Å². The second kappa shape index (κ2) is 7.12. The van der Waals surface area contributed by atoms with Crippen molar-refractivity contribution >= 4 is 21.4 Å². The van der Waals surface area contributed by atoms with E-state index in [0.29, 0.717) is 28.5 Å². The van der Waals surface area contributed by atoms with Gasteiger partial charge in [-0.25, -0.2) is 8.42 Å². The molecule has 1 aliphatic carbocycles. The molecular formula is C16H24ClNO2S. The molecule has 0 aliphatic heterocycles.